The van der Waals surface area contributed by atoms with Crippen molar-refractivity contribution >= 4 is 11.1 Å². The highest BCUT2D eigenvalue weighted by Gasteiger charge is 2.05. The summed E-state index contributed by atoms with van der Waals surface area (Å²) >= 11 is 0. The van der Waals surface area contributed by atoms with E-state index in [0.717, 1.165) is 42.9 Å². The highest BCUT2D eigenvalue weighted by Crippen LogP contribution is 2.17. The molecule has 3 nitrogen and oxygen atoms in total. The maximum absolute atomic E-state index is 5.66. The molecule has 2 rings (SSSR count). The molecule has 0 aliphatic carbocycles. The van der Waals surface area contributed by atoms with Crippen molar-refractivity contribution in [2.75, 3.05) is 13.1 Å². The van der Waals surface area contributed by atoms with Gasteiger partial charge in [-0.05, 0) is 30.7 Å². The first kappa shape index (κ1) is 11.1. The lowest BCUT2D eigenvalue weighted by atomic mass is 10.1. The van der Waals surface area contributed by atoms with Crippen LogP contribution >= 0.6 is 0 Å². The van der Waals surface area contributed by atoms with Gasteiger partial charge in [-0.2, -0.15) is 0 Å². The second-order valence-electron chi connectivity index (χ2n) is 3.87. The summed E-state index contributed by atoms with van der Waals surface area (Å²) in [5, 5.41) is 3.26. The van der Waals surface area contributed by atoms with Crippen LogP contribution in [0.4, 0.5) is 0 Å². The van der Waals surface area contributed by atoms with Gasteiger partial charge in [-0.25, -0.2) is 4.98 Å². The molecule has 0 aliphatic heterocycles. The monoisotopic (exact) mass is 218 g/mol. The van der Waals surface area contributed by atoms with Gasteiger partial charge in [0.2, 0.25) is 0 Å². The van der Waals surface area contributed by atoms with E-state index in [4.69, 9.17) is 4.42 Å². The highest BCUT2D eigenvalue weighted by molar-refractivity contribution is 5.73. The largest absolute Gasteiger partial charge is 0.441 e. The molecule has 1 heterocycles. The molecule has 86 valence electrons. The normalized spacial score (nSPS) is 11.1. The molecule has 1 aromatic carbocycles. The van der Waals surface area contributed by atoms with Gasteiger partial charge in [-0.15, -0.1) is 0 Å². The Kier molecular flexibility index (Phi) is 3.57. The predicted octanol–water partition coefficient (Wildman–Crippen LogP) is 2.54. The van der Waals surface area contributed by atoms with Crippen LogP contribution in [0.25, 0.3) is 11.1 Å². The van der Waals surface area contributed by atoms with Gasteiger partial charge in [0, 0.05) is 13.0 Å². The minimum Gasteiger partial charge on any atom is -0.441 e. The summed E-state index contributed by atoms with van der Waals surface area (Å²) in [6.45, 7) is 6.15. The van der Waals surface area contributed by atoms with E-state index in [1.54, 1.807) is 0 Å². The summed E-state index contributed by atoms with van der Waals surface area (Å²) in [6.07, 6.45) is 1.89. The molecule has 0 aliphatic rings. The van der Waals surface area contributed by atoms with Gasteiger partial charge in [0.05, 0.1) is 0 Å². The van der Waals surface area contributed by atoms with Crippen LogP contribution in [0.15, 0.2) is 22.6 Å². The second-order valence-corrected chi connectivity index (χ2v) is 3.87. The van der Waals surface area contributed by atoms with E-state index in [2.05, 4.69) is 36.3 Å². The fraction of sp³-hybridized carbons (Fsp3) is 0.462. The molecule has 1 N–H and O–H groups in total. The molecule has 0 saturated heterocycles. The lowest BCUT2D eigenvalue weighted by Gasteiger charge is -1.95. The third-order valence-electron chi connectivity index (χ3n) is 2.67. The number of hydrogen-bond donors (Lipinski definition) is 1. The van der Waals surface area contributed by atoms with E-state index < -0.39 is 0 Å². The minimum absolute atomic E-state index is 0.823. The van der Waals surface area contributed by atoms with Crippen molar-refractivity contribution in [1.29, 1.82) is 0 Å². The van der Waals surface area contributed by atoms with Crippen LogP contribution in [0.1, 0.15) is 25.3 Å². The van der Waals surface area contributed by atoms with Crippen molar-refractivity contribution in [3.63, 3.8) is 0 Å². The van der Waals surface area contributed by atoms with E-state index in [1.807, 2.05) is 6.07 Å². The molecule has 2 aromatic rings. The van der Waals surface area contributed by atoms with Gasteiger partial charge in [0.25, 0.3) is 0 Å². The Morgan fingerprint density at radius 3 is 2.94 bits per heavy atom. The number of hydrogen-bond acceptors (Lipinski definition) is 3. The maximum atomic E-state index is 5.66. The van der Waals surface area contributed by atoms with Crippen molar-refractivity contribution in [2.24, 2.45) is 0 Å². The van der Waals surface area contributed by atoms with E-state index in [9.17, 15) is 0 Å². The summed E-state index contributed by atoms with van der Waals surface area (Å²) in [7, 11) is 0. The van der Waals surface area contributed by atoms with Crippen molar-refractivity contribution in [3.05, 3.63) is 29.7 Å². The first-order valence-corrected chi connectivity index (χ1v) is 5.92. The van der Waals surface area contributed by atoms with Gasteiger partial charge >= 0.3 is 0 Å². The number of oxazole rings is 1. The highest BCUT2D eigenvalue weighted by atomic mass is 16.3. The van der Waals surface area contributed by atoms with E-state index in [-0.39, 0.29) is 0 Å². The lowest BCUT2D eigenvalue weighted by molar-refractivity contribution is 0.517. The van der Waals surface area contributed by atoms with Gasteiger partial charge in [-0.1, -0.05) is 19.9 Å². The van der Waals surface area contributed by atoms with Crippen LogP contribution in [0.3, 0.4) is 0 Å². The molecule has 0 amide bonds. The van der Waals surface area contributed by atoms with Gasteiger partial charge < -0.3 is 9.73 Å². The zero-order valence-electron chi connectivity index (χ0n) is 9.92. The number of aromatic nitrogens is 1. The number of nitrogens with one attached hydrogen (secondary N) is 1. The number of fused-ring (bicyclic) bond motifs is 1. The van der Waals surface area contributed by atoms with Gasteiger partial charge in [0.15, 0.2) is 11.5 Å². The maximum Gasteiger partial charge on any atom is 0.196 e. The number of benzene rings is 1. The lowest BCUT2D eigenvalue weighted by Crippen LogP contribution is -2.16. The Morgan fingerprint density at radius 1 is 1.31 bits per heavy atom. The van der Waals surface area contributed by atoms with E-state index in [0.29, 0.717) is 0 Å². The Hall–Kier alpha value is -1.35. The smallest absolute Gasteiger partial charge is 0.196 e. The molecule has 0 fully saturated rings. The molecule has 1 aromatic heterocycles. The van der Waals surface area contributed by atoms with Crippen molar-refractivity contribution in [3.8, 4) is 0 Å². The number of rotatable bonds is 5. The third kappa shape index (κ3) is 2.42. The standard InChI is InChI=1S/C13H18N2O/c1-3-10-5-6-12-11(9-10)15-13(16-12)7-8-14-4-2/h5-6,9,14H,3-4,7-8H2,1-2H3. The SMILES string of the molecule is CCNCCc1nc2cc(CC)ccc2o1. The Labute approximate surface area is 95.9 Å². The molecule has 0 unspecified atom stereocenters. The average molecular weight is 218 g/mol. The van der Waals surface area contributed by atoms with Crippen LogP contribution < -0.4 is 5.32 Å². The van der Waals surface area contributed by atoms with E-state index in [1.165, 1.54) is 5.56 Å². The number of likely N-dealkylation sites (N-methyl/N-ethyl adjacent to an activating group) is 1. The topological polar surface area (TPSA) is 38.1 Å². The number of aryl methyl sites for hydroxylation is 1. The van der Waals surface area contributed by atoms with Crippen molar-refractivity contribution in [2.45, 2.75) is 26.7 Å². The summed E-state index contributed by atoms with van der Waals surface area (Å²) in [5.41, 5.74) is 3.17. The molecule has 3 heteroatoms. The fourth-order valence-electron chi connectivity index (χ4n) is 1.72. The Bertz CT molecular complexity index is 462. The Morgan fingerprint density at radius 2 is 2.19 bits per heavy atom. The van der Waals surface area contributed by atoms with Crippen molar-refractivity contribution in [1.82, 2.24) is 10.3 Å². The molecular weight excluding hydrogens is 200 g/mol. The van der Waals surface area contributed by atoms with Crippen LogP contribution in [0.5, 0.6) is 0 Å². The molecule has 0 atom stereocenters. The van der Waals surface area contributed by atoms with E-state index >= 15 is 0 Å². The first-order chi connectivity index (χ1) is 7.83. The summed E-state index contributed by atoms with van der Waals surface area (Å²) in [6, 6.07) is 6.22. The zero-order chi connectivity index (χ0) is 11.4. The van der Waals surface area contributed by atoms with Crippen molar-refractivity contribution < 1.29 is 4.42 Å². The quantitative estimate of drug-likeness (QED) is 0.784. The van der Waals surface area contributed by atoms with Crippen LogP contribution in [0.2, 0.25) is 0 Å². The minimum atomic E-state index is 0.823. The molecule has 0 spiro atoms. The summed E-state index contributed by atoms with van der Waals surface area (Å²) in [5.74, 6) is 0.823. The molecular formula is C13H18N2O. The number of nitrogens with zero attached hydrogens (tertiary/aromatic N) is 1. The van der Waals surface area contributed by atoms with Gasteiger partial charge in [0.1, 0.15) is 5.52 Å². The fourth-order valence-corrected chi connectivity index (χ4v) is 1.72. The average Bonchev–Trinajstić information content (AvgIpc) is 2.70. The van der Waals surface area contributed by atoms with Crippen LogP contribution in [-0.2, 0) is 12.8 Å². The third-order valence-corrected chi connectivity index (χ3v) is 2.67. The Balaban J connectivity index is 2.16. The molecule has 0 radical (unpaired) electrons. The van der Waals surface area contributed by atoms with Gasteiger partial charge in [-0.3, -0.25) is 0 Å². The second kappa shape index (κ2) is 5.12. The first-order valence-electron chi connectivity index (χ1n) is 5.92. The molecule has 0 saturated carbocycles. The van der Waals surface area contributed by atoms with Crippen LogP contribution in [0, 0.1) is 0 Å². The summed E-state index contributed by atoms with van der Waals surface area (Å²) in [4.78, 5) is 4.49. The molecule has 16 heavy (non-hydrogen) atoms. The molecule has 0 bridgehead atoms. The predicted molar refractivity (Wildman–Crippen MR) is 65.6 cm³/mol. The van der Waals surface area contributed by atoms with Crippen LogP contribution in [-0.4, -0.2) is 18.1 Å². The summed E-state index contributed by atoms with van der Waals surface area (Å²) < 4.78 is 5.66. The zero-order valence-corrected chi connectivity index (χ0v) is 9.92.